The Kier molecular flexibility index (Phi) is 58.4. The summed E-state index contributed by atoms with van der Waals surface area (Å²) in [5.41, 5.74) is 0. The molecule has 408 valence electrons. The van der Waals surface area contributed by atoms with E-state index in [0.29, 0.717) is 12.8 Å². The molecule has 0 aromatic carbocycles. The van der Waals surface area contributed by atoms with E-state index in [1.165, 1.54) is 173 Å². The predicted molar refractivity (Wildman–Crippen MR) is 311 cm³/mol. The van der Waals surface area contributed by atoms with Gasteiger partial charge in [-0.3, -0.25) is 9.59 Å². The highest BCUT2D eigenvalue weighted by Gasteiger charge is 2.16. The number of rotatable bonds is 55. The molecule has 0 aliphatic heterocycles. The van der Waals surface area contributed by atoms with Crippen LogP contribution in [0.5, 0.6) is 0 Å². The minimum atomic E-state index is -0.780. The largest absolute Gasteiger partial charge is 0.462 e. The maximum atomic E-state index is 12.3. The van der Waals surface area contributed by atoms with E-state index in [2.05, 4.69) is 111 Å². The van der Waals surface area contributed by atoms with E-state index < -0.39 is 6.10 Å². The van der Waals surface area contributed by atoms with Crippen LogP contribution in [0.2, 0.25) is 0 Å². The third-order valence-electron chi connectivity index (χ3n) is 13.1. The first-order chi connectivity index (χ1) is 35.1. The Morgan fingerprint density at radius 2 is 0.606 bits per heavy atom. The van der Waals surface area contributed by atoms with Crippen molar-refractivity contribution in [1.29, 1.82) is 0 Å². The van der Waals surface area contributed by atoms with Crippen molar-refractivity contribution in [2.75, 3.05) is 13.2 Å². The van der Waals surface area contributed by atoms with E-state index in [0.717, 1.165) is 89.9 Å². The Morgan fingerprint density at radius 1 is 0.338 bits per heavy atom. The second-order valence-corrected chi connectivity index (χ2v) is 20.0. The molecule has 0 aromatic heterocycles. The Hall–Kier alpha value is -3.18. The molecule has 0 aromatic rings. The molecule has 0 spiro atoms. The highest BCUT2D eigenvalue weighted by Crippen LogP contribution is 2.17. The molecule has 0 saturated heterocycles. The van der Waals surface area contributed by atoms with Gasteiger partial charge in [-0.05, 0) is 96.3 Å². The minimum absolute atomic E-state index is 0.0729. The third kappa shape index (κ3) is 59.3. The number of aliphatic hydroxyl groups is 1. The van der Waals surface area contributed by atoms with Crippen LogP contribution in [0.4, 0.5) is 0 Å². The van der Waals surface area contributed by atoms with Crippen molar-refractivity contribution < 1.29 is 24.2 Å². The lowest BCUT2D eigenvalue weighted by Gasteiger charge is -2.15. The zero-order chi connectivity index (χ0) is 51.3. The zero-order valence-electron chi connectivity index (χ0n) is 46.7. The molecule has 0 heterocycles. The van der Waals surface area contributed by atoms with Crippen LogP contribution in [0, 0.1) is 0 Å². The minimum Gasteiger partial charge on any atom is -0.462 e. The van der Waals surface area contributed by atoms with Crippen molar-refractivity contribution in [1.82, 2.24) is 0 Å². The number of aliphatic hydroxyl groups excluding tert-OH is 1. The Morgan fingerprint density at radius 3 is 0.915 bits per heavy atom. The summed E-state index contributed by atoms with van der Waals surface area (Å²) in [5, 5.41) is 9.64. The summed E-state index contributed by atoms with van der Waals surface area (Å²) >= 11 is 0. The first kappa shape index (κ1) is 67.8. The van der Waals surface area contributed by atoms with Gasteiger partial charge in [-0.1, -0.05) is 278 Å². The molecule has 1 atom stereocenters. The van der Waals surface area contributed by atoms with Gasteiger partial charge in [0.1, 0.15) is 6.61 Å². The molecule has 1 unspecified atom stereocenters. The maximum Gasteiger partial charge on any atom is 0.306 e. The molecule has 0 bridgehead atoms. The maximum absolute atomic E-state index is 12.3. The average molecular weight is 988 g/mol. The van der Waals surface area contributed by atoms with Crippen molar-refractivity contribution >= 4 is 11.9 Å². The first-order valence-corrected chi connectivity index (χ1v) is 30.3. The SMILES string of the molecule is CC/C=C\C/C=C\C/C=C\C/C=C\C/C=C\C/C=C\CCCCCCCCCCCCCCCCCCCCCCCCC(=O)OC(CO)COC(=O)CCCCCCC/C=C\C/C=C\CCCCCC. The van der Waals surface area contributed by atoms with Crippen LogP contribution in [0.1, 0.15) is 290 Å². The fraction of sp³-hybridized carbons (Fsp3) is 0.727. The van der Waals surface area contributed by atoms with E-state index >= 15 is 0 Å². The van der Waals surface area contributed by atoms with Crippen molar-refractivity contribution in [2.24, 2.45) is 0 Å². The van der Waals surface area contributed by atoms with E-state index in [1.807, 2.05) is 0 Å². The zero-order valence-corrected chi connectivity index (χ0v) is 46.7. The van der Waals surface area contributed by atoms with Crippen molar-refractivity contribution in [3.05, 3.63) is 97.2 Å². The quantitative estimate of drug-likeness (QED) is 0.0373. The predicted octanol–water partition coefficient (Wildman–Crippen LogP) is 20.7. The molecule has 0 radical (unpaired) electrons. The lowest BCUT2D eigenvalue weighted by Crippen LogP contribution is -2.28. The normalized spacial score (nSPS) is 12.9. The summed E-state index contributed by atoms with van der Waals surface area (Å²) in [6, 6.07) is 0. The van der Waals surface area contributed by atoms with Crippen LogP contribution in [0.3, 0.4) is 0 Å². The molecule has 0 rings (SSSR count). The Bertz CT molecular complexity index is 1350. The number of carbonyl (C=O) groups excluding carboxylic acids is 2. The standard InChI is InChI=1S/C66H114O5/c1-3-5-7-9-11-13-15-17-19-21-22-23-24-25-26-27-28-29-30-31-32-33-34-35-36-37-38-39-40-41-42-43-44-45-47-49-51-53-55-57-59-61-66(69)71-64(62-67)63-70-65(68)60-58-56-54-52-50-48-46-20-18-16-14-12-10-8-6-4-2/h5,7,11,13-14,16-17,19-20,22-23,25-26,28-29,46,64,67H,3-4,6,8-10,12,15,18,21,24,27,30-45,47-63H2,1-2H3/b7-5-,13-11-,16-14-,19-17-,23-22-,26-25-,29-28-,46-20-. The van der Waals surface area contributed by atoms with Crippen molar-refractivity contribution in [3.63, 3.8) is 0 Å². The van der Waals surface area contributed by atoms with E-state index in [1.54, 1.807) is 0 Å². The van der Waals surface area contributed by atoms with Gasteiger partial charge in [0.2, 0.25) is 0 Å². The van der Waals surface area contributed by atoms with E-state index in [4.69, 9.17) is 9.47 Å². The van der Waals surface area contributed by atoms with Gasteiger partial charge in [-0.25, -0.2) is 0 Å². The number of unbranched alkanes of at least 4 members (excludes halogenated alkanes) is 31. The molecule has 0 amide bonds. The smallest absolute Gasteiger partial charge is 0.306 e. The fourth-order valence-electron chi connectivity index (χ4n) is 8.59. The topological polar surface area (TPSA) is 72.8 Å². The monoisotopic (exact) mass is 987 g/mol. The number of hydrogen-bond donors (Lipinski definition) is 1. The summed E-state index contributed by atoms with van der Waals surface area (Å²) in [6.07, 6.45) is 86.9. The molecular weight excluding hydrogens is 873 g/mol. The first-order valence-electron chi connectivity index (χ1n) is 30.3. The number of carbonyl (C=O) groups is 2. The highest BCUT2D eigenvalue weighted by atomic mass is 16.6. The van der Waals surface area contributed by atoms with Gasteiger partial charge in [0.25, 0.3) is 0 Å². The second kappa shape index (κ2) is 61.1. The molecule has 71 heavy (non-hydrogen) atoms. The van der Waals surface area contributed by atoms with Crippen LogP contribution < -0.4 is 0 Å². The lowest BCUT2D eigenvalue weighted by atomic mass is 10.0. The van der Waals surface area contributed by atoms with Crippen LogP contribution in [-0.2, 0) is 19.1 Å². The number of hydrogen-bond acceptors (Lipinski definition) is 5. The van der Waals surface area contributed by atoms with Crippen molar-refractivity contribution in [3.8, 4) is 0 Å². The van der Waals surface area contributed by atoms with Crippen LogP contribution in [0.25, 0.3) is 0 Å². The van der Waals surface area contributed by atoms with Gasteiger partial charge in [0, 0.05) is 12.8 Å². The van der Waals surface area contributed by atoms with Gasteiger partial charge in [0.15, 0.2) is 6.10 Å². The second-order valence-electron chi connectivity index (χ2n) is 20.0. The average Bonchev–Trinajstić information content (AvgIpc) is 3.37. The van der Waals surface area contributed by atoms with Crippen LogP contribution in [0.15, 0.2) is 97.2 Å². The summed E-state index contributed by atoms with van der Waals surface area (Å²) in [4.78, 5) is 24.5. The van der Waals surface area contributed by atoms with Crippen LogP contribution in [-0.4, -0.2) is 36.4 Å². The molecule has 0 saturated carbocycles. The van der Waals surface area contributed by atoms with E-state index in [-0.39, 0.29) is 25.2 Å². The van der Waals surface area contributed by atoms with Gasteiger partial charge in [-0.15, -0.1) is 0 Å². The van der Waals surface area contributed by atoms with Crippen molar-refractivity contribution in [2.45, 2.75) is 296 Å². The molecule has 0 aliphatic rings. The molecule has 5 heteroatoms. The third-order valence-corrected chi connectivity index (χ3v) is 13.1. The number of allylic oxidation sites excluding steroid dienone is 16. The van der Waals surface area contributed by atoms with Gasteiger partial charge < -0.3 is 14.6 Å². The molecule has 5 nitrogen and oxygen atoms in total. The Balaban J connectivity index is 3.44. The van der Waals surface area contributed by atoms with Gasteiger partial charge in [0.05, 0.1) is 6.61 Å². The molecular formula is C66H114O5. The van der Waals surface area contributed by atoms with E-state index in [9.17, 15) is 14.7 Å². The highest BCUT2D eigenvalue weighted by molar-refractivity contribution is 5.70. The lowest BCUT2D eigenvalue weighted by molar-refractivity contribution is -0.161. The van der Waals surface area contributed by atoms with Gasteiger partial charge >= 0.3 is 11.9 Å². The summed E-state index contributed by atoms with van der Waals surface area (Å²) in [5.74, 6) is -0.599. The fourth-order valence-corrected chi connectivity index (χ4v) is 8.59. The molecule has 0 fully saturated rings. The Labute approximate surface area is 440 Å². The molecule has 1 N–H and O–H groups in total. The molecule has 0 aliphatic carbocycles. The summed E-state index contributed by atoms with van der Waals surface area (Å²) < 4.78 is 10.7. The number of esters is 2. The van der Waals surface area contributed by atoms with Crippen LogP contribution >= 0.6 is 0 Å². The summed E-state index contributed by atoms with van der Waals surface area (Å²) in [7, 11) is 0. The van der Waals surface area contributed by atoms with Gasteiger partial charge in [-0.2, -0.15) is 0 Å². The summed E-state index contributed by atoms with van der Waals surface area (Å²) in [6.45, 7) is 4.01. The number of ether oxygens (including phenoxy) is 2.